The van der Waals surface area contributed by atoms with Crippen LogP contribution in [0.2, 0.25) is 0 Å². The quantitative estimate of drug-likeness (QED) is 0.851. The first kappa shape index (κ1) is 11.9. The molecule has 5 heteroatoms. The molecule has 4 nitrogen and oxygen atoms in total. The highest BCUT2D eigenvalue weighted by atomic mass is 32.1. The number of carbonyl (C=O) groups is 1. The molecule has 2 rings (SSSR count). The van der Waals surface area contributed by atoms with E-state index in [1.165, 1.54) is 7.11 Å². The van der Waals surface area contributed by atoms with E-state index in [0.717, 1.165) is 20.9 Å². The van der Waals surface area contributed by atoms with E-state index in [-0.39, 0.29) is 12.0 Å². The molecule has 2 aromatic rings. The van der Waals surface area contributed by atoms with Crippen molar-refractivity contribution in [3.8, 4) is 0 Å². The van der Waals surface area contributed by atoms with Crippen molar-refractivity contribution in [2.24, 2.45) is 0 Å². The van der Waals surface area contributed by atoms with E-state index < -0.39 is 0 Å². The van der Waals surface area contributed by atoms with E-state index in [1.54, 1.807) is 18.3 Å². The number of esters is 1. The van der Waals surface area contributed by atoms with Crippen LogP contribution in [0.15, 0.2) is 18.2 Å². The monoisotopic (exact) mass is 250 g/mol. The lowest BCUT2D eigenvalue weighted by Crippen LogP contribution is -2.27. The Hall–Kier alpha value is -1.62. The molecule has 1 heterocycles. The number of anilines is 1. The third-order valence-corrected chi connectivity index (χ3v) is 3.37. The lowest BCUT2D eigenvalue weighted by atomic mass is 10.2. The number of methoxy groups -OCH3 is 1. The molecule has 90 valence electrons. The molecule has 0 amide bonds. The highest BCUT2D eigenvalue weighted by molar-refractivity contribution is 7.18. The highest BCUT2D eigenvalue weighted by Crippen LogP contribution is 2.25. The number of fused-ring (bicyclic) bond motifs is 1. The largest absolute Gasteiger partial charge is 0.467 e. The Labute approximate surface area is 104 Å². The Morgan fingerprint density at radius 2 is 2.29 bits per heavy atom. The van der Waals surface area contributed by atoms with E-state index in [1.807, 2.05) is 25.1 Å². The molecule has 0 saturated carbocycles. The van der Waals surface area contributed by atoms with Gasteiger partial charge in [0.05, 0.1) is 22.3 Å². The van der Waals surface area contributed by atoms with Crippen molar-refractivity contribution in [1.82, 2.24) is 4.98 Å². The summed E-state index contributed by atoms with van der Waals surface area (Å²) in [4.78, 5) is 15.7. The molecule has 1 aromatic carbocycles. The minimum absolute atomic E-state index is 0.273. The Bertz CT molecular complexity index is 550. The van der Waals surface area contributed by atoms with Gasteiger partial charge in [-0.2, -0.15) is 0 Å². The minimum atomic E-state index is -0.355. The number of nitrogens with one attached hydrogen (secondary N) is 1. The van der Waals surface area contributed by atoms with Crippen molar-refractivity contribution in [2.45, 2.75) is 19.9 Å². The average Bonchev–Trinajstić information content (AvgIpc) is 2.67. The molecule has 0 bridgehead atoms. The molecule has 0 radical (unpaired) electrons. The fraction of sp³-hybridized carbons (Fsp3) is 0.333. The summed E-state index contributed by atoms with van der Waals surface area (Å²) in [7, 11) is 1.39. The smallest absolute Gasteiger partial charge is 0.327 e. The summed E-state index contributed by atoms with van der Waals surface area (Å²) in [6.07, 6.45) is 0. The second kappa shape index (κ2) is 4.71. The molecule has 0 aliphatic rings. The number of hydrogen-bond donors (Lipinski definition) is 1. The number of nitrogens with zero attached hydrogens (tertiary/aromatic N) is 1. The standard InChI is InChI=1S/C12H14N2O2S/c1-7(12(15)16-3)13-9-4-5-10-11(6-9)17-8(2)14-10/h4-7,13H,1-3H3. The van der Waals surface area contributed by atoms with Gasteiger partial charge >= 0.3 is 5.97 Å². The minimum Gasteiger partial charge on any atom is -0.467 e. The number of ether oxygens (including phenoxy) is 1. The van der Waals surface area contributed by atoms with Gasteiger partial charge in [-0.3, -0.25) is 0 Å². The lowest BCUT2D eigenvalue weighted by molar-refractivity contribution is -0.141. The number of rotatable bonds is 3. The van der Waals surface area contributed by atoms with Gasteiger partial charge in [0.25, 0.3) is 0 Å². The summed E-state index contributed by atoms with van der Waals surface area (Å²) < 4.78 is 5.78. The molecule has 1 aromatic heterocycles. The number of hydrogen-bond acceptors (Lipinski definition) is 5. The van der Waals surface area contributed by atoms with Gasteiger partial charge in [-0.15, -0.1) is 11.3 Å². The van der Waals surface area contributed by atoms with Crippen LogP contribution in [-0.2, 0) is 9.53 Å². The number of benzene rings is 1. The van der Waals surface area contributed by atoms with Gasteiger partial charge in [0, 0.05) is 5.69 Å². The zero-order valence-electron chi connectivity index (χ0n) is 9.98. The molecule has 17 heavy (non-hydrogen) atoms. The molecule has 0 aliphatic heterocycles. The fourth-order valence-corrected chi connectivity index (χ4v) is 2.48. The Morgan fingerprint density at radius 1 is 1.53 bits per heavy atom. The van der Waals surface area contributed by atoms with Gasteiger partial charge in [0.1, 0.15) is 6.04 Å². The molecule has 1 N–H and O–H groups in total. The lowest BCUT2D eigenvalue weighted by Gasteiger charge is -2.12. The van der Waals surface area contributed by atoms with Crippen LogP contribution in [0.5, 0.6) is 0 Å². The van der Waals surface area contributed by atoms with Crippen LogP contribution >= 0.6 is 11.3 Å². The van der Waals surface area contributed by atoms with E-state index in [2.05, 4.69) is 15.0 Å². The molecular formula is C12H14N2O2S. The second-order valence-electron chi connectivity index (χ2n) is 3.80. The predicted octanol–water partition coefficient (Wildman–Crippen LogP) is 2.58. The van der Waals surface area contributed by atoms with Crippen LogP contribution < -0.4 is 5.32 Å². The molecule has 0 fully saturated rings. The normalized spacial score (nSPS) is 12.4. The van der Waals surface area contributed by atoms with E-state index in [4.69, 9.17) is 0 Å². The molecule has 0 aliphatic carbocycles. The van der Waals surface area contributed by atoms with Crippen molar-refractivity contribution in [3.63, 3.8) is 0 Å². The average molecular weight is 250 g/mol. The first-order valence-corrected chi connectivity index (χ1v) is 6.13. The number of carbonyl (C=O) groups excluding carboxylic acids is 1. The molecule has 0 spiro atoms. The van der Waals surface area contributed by atoms with Crippen molar-refractivity contribution in [3.05, 3.63) is 23.2 Å². The van der Waals surface area contributed by atoms with E-state index >= 15 is 0 Å². The van der Waals surface area contributed by atoms with Crippen molar-refractivity contribution in [2.75, 3.05) is 12.4 Å². The maximum absolute atomic E-state index is 11.3. The van der Waals surface area contributed by atoms with Crippen LogP contribution in [-0.4, -0.2) is 24.1 Å². The molecule has 0 saturated heterocycles. The summed E-state index contributed by atoms with van der Waals surface area (Å²) in [6.45, 7) is 3.75. The molecule has 1 atom stereocenters. The maximum atomic E-state index is 11.3. The SMILES string of the molecule is COC(=O)C(C)Nc1ccc2nc(C)sc2c1. The Kier molecular flexibility index (Phi) is 3.28. The Balaban J connectivity index is 2.21. The van der Waals surface area contributed by atoms with Crippen LogP contribution in [0.4, 0.5) is 5.69 Å². The summed E-state index contributed by atoms with van der Waals surface area (Å²) in [6, 6.07) is 5.51. The summed E-state index contributed by atoms with van der Waals surface area (Å²) in [5, 5.41) is 4.14. The predicted molar refractivity (Wildman–Crippen MR) is 69.5 cm³/mol. The van der Waals surface area contributed by atoms with Gasteiger partial charge < -0.3 is 10.1 Å². The maximum Gasteiger partial charge on any atom is 0.327 e. The number of thiazole rings is 1. The number of aryl methyl sites for hydroxylation is 1. The van der Waals surface area contributed by atoms with Crippen molar-refractivity contribution in [1.29, 1.82) is 0 Å². The number of aromatic nitrogens is 1. The van der Waals surface area contributed by atoms with E-state index in [9.17, 15) is 4.79 Å². The van der Waals surface area contributed by atoms with Gasteiger partial charge in [-0.1, -0.05) is 0 Å². The summed E-state index contributed by atoms with van der Waals surface area (Å²) in [5.41, 5.74) is 1.89. The molecule has 1 unspecified atom stereocenters. The van der Waals surface area contributed by atoms with Gasteiger partial charge in [0.15, 0.2) is 0 Å². The first-order chi connectivity index (χ1) is 8.10. The van der Waals surface area contributed by atoms with Crippen LogP contribution in [0, 0.1) is 6.92 Å². The van der Waals surface area contributed by atoms with Gasteiger partial charge in [-0.25, -0.2) is 9.78 Å². The third kappa shape index (κ3) is 2.55. The fourth-order valence-electron chi connectivity index (χ4n) is 1.62. The first-order valence-electron chi connectivity index (χ1n) is 5.31. The van der Waals surface area contributed by atoms with Crippen LogP contribution in [0.25, 0.3) is 10.2 Å². The van der Waals surface area contributed by atoms with Crippen LogP contribution in [0.3, 0.4) is 0 Å². The van der Waals surface area contributed by atoms with Gasteiger partial charge in [0.2, 0.25) is 0 Å². The Morgan fingerprint density at radius 3 is 3.00 bits per heavy atom. The second-order valence-corrected chi connectivity index (χ2v) is 5.04. The van der Waals surface area contributed by atoms with Crippen molar-refractivity contribution >= 4 is 33.2 Å². The third-order valence-electron chi connectivity index (χ3n) is 2.43. The van der Waals surface area contributed by atoms with Crippen molar-refractivity contribution < 1.29 is 9.53 Å². The summed E-state index contributed by atoms with van der Waals surface area (Å²) in [5.74, 6) is -0.273. The van der Waals surface area contributed by atoms with Crippen LogP contribution in [0.1, 0.15) is 11.9 Å². The zero-order valence-corrected chi connectivity index (χ0v) is 10.8. The van der Waals surface area contributed by atoms with Gasteiger partial charge in [-0.05, 0) is 32.0 Å². The topological polar surface area (TPSA) is 51.2 Å². The highest BCUT2D eigenvalue weighted by Gasteiger charge is 2.12. The van der Waals surface area contributed by atoms with E-state index in [0.29, 0.717) is 0 Å². The zero-order chi connectivity index (χ0) is 12.4. The summed E-state index contributed by atoms with van der Waals surface area (Å²) >= 11 is 1.64. The molecular weight excluding hydrogens is 236 g/mol.